The molecule has 0 fully saturated rings. The van der Waals surface area contributed by atoms with Crippen molar-refractivity contribution in [2.45, 2.75) is 0 Å². The largest absolute Gasteiger partial charge is 0.323 e. The van der Waals surface area contributed by atoms with E-state index >= 15 is 0 Å². The normalized spacial score (nSPS) is 11.0. The summed E-state index contributed by atoms with van der Waals surface area (Å²) in [5.41, 5.74) is 2.51. The molecule has 1 aromatic heterocycles. The van der Waals surface area contributed by atoms with Crippen LogP contribution in [0.5, 0.6) is 0 Å². The summed E-state index contributed by atoms with van der Waals surface area (Å²) in [6, 6.07) is 12.5. The van der Waals surface area contributed by atoms with Crippen LogP contribution in [0.2, 0.25) is 5.02 Å². The van der Waals surface area contributed by atoms with E-state index in [-0.39, 0.29) is 6.03 Å². The first kappa shape index (κ1) is 14.2. The lowest BCUT2D eigenvalue weighted by atomic mass is 10.2. The number of H-pyrrole nitrogens is 1. The van der Waals surface area contributed by atoms with E-state index in [9.17, 15) is 4.79 Å². The van der Waals surface area contributed by atoms with Crippen molar-refractivity contribution in [3.8, 4) is 0 Å². The van der Waals surface area contributed by atoms with Crippen molar-refractivity contribution in [2.75, 3.05) is 5.32 Å². The number of urea groups is 1. The van der Waals surface area contributed by atoms with Gasteiger partial charge in [-0.25, -0.2) is 4.79 Å². The summed E-state index contributed by atoms with van der Waals surface area (Å²) in [6.07, 6.45) is 5.09. The molecule has 0 saturated carbocycles. The van der Waals surface area contributed by atoms with Gasteiger partial charge in [-0.15, -0.1) is 0 Å². The highest BCUT2D eigenvalue weighted by Gasteiger charge is 2.01. The highest BCUT2D eigenvalue weighted by atomic mass is 35.5. The summed E-state index contributed by atoms with van der Waals surface area (Å²) in [5, 5.41) is 13.9. The number of amides is 2. The molecule has 22 heavy (non-hydrogen) atoms. The molecule has 2 aromatic carbocycles. The van der Waals surface area contributed by atoms with Gasteiger partial charge in [-0.05, 0) is 42.0 Å². The van der Waals surface area contributed by atoms with Crippen LogP contribution in [0.3, 0.4) is 0 Å². The van der Waals surface area contributed by atoms with E-state index in [1.54, 1.807) is 30.6 Å². The lowest BCUT2D eigenvalue weighted by molar-refractivity contribution is 0.255. The van der Waals surface area contributed by atoms with Crippen molar-refractivity contribution in [1.29, 1.82) is 0 Å². The average Bonchev–Trinajstić information content (AvgIpc) is 2.97. The molecule has 3 N–H and O–H groups in total. The van der Waals surface area contributed by atoms with Gasteiger partial charge >= 0.3 is 6.03 Å². The lowest BCUT2D eigenvalue weighted by Crippen LogP contribution is -2.23. The predicted molar refractivity (Wildman–Crippen MR) is 88.7 cm³/mol. The number of carbonyl (C=O) groups excluding carboxylic acids is 1. The molecular weight excluding hydrogens is 300 g/mol. The molecule has 5 nitrogen and oxygen atoms in total. The summed E-state index contributed by atoms with van der Waals surface area (Å²) in [5.74, 6) is 0. The van der Waals surface area contributed by atoms with Gasteiger partial charge in [-0.1, -0.05) is 23.7 Å². The van der Waals surface area contributed by atoms with Crippen LogP contribution in [0.25, 0.3) is 17.0 Å². The molecule has 6 heteroatoms. The first-order valence-electron chi connectivity index (χ1n) is 6.63. The molecule has 0 bridgehead atoms. The minimum atomic E-state index is -0.316. The predicted octanol–water partition coefficient (Wildman–Crippen LogP) is 4.01. The summed E-state index contributed by atoms with van der Waals surface area (Å²) in [6.45, 7) is 0. The van der Waals surface area contributed by atoms with Crippen LogP contribution in [-0.4, -0.2) is 16.2 Å². The van der Waals surface area contributed by atoms with E-state index in [0.29, 0.717) is 10.7 Å². The zero-order valence-corrected chi connectivity index (χ0v) is 12.3. The molecule has 0 atom stereocenters. The fraction of sp³-hybridized carbons (Fsp3) is 0. The second kappa shape index (κ2) is 6.32. The zero-order chi connectivity index (χ0) is 15.4. The Balaban J connectivity index is 1.58. The number of fused-ring (bicyclic) bond motifs is 1. The van der Waals surface area contributed by atoms with Gasteiger partial charge in [0.2, 0.25) is 0 Å². The minimum Gasteiger partial charge on any atom is -0.314 e. The van der Waals surface area contributed by atoms with Crippen molar-refractivity contribution >= 4 is 40.3 Å². The number of nitrogens with zero attached hydrogens (tertiary/aromatic N) is 1. The molecule has 0 unspecified atom stereocenters. The van der Waals surface area contributed by atoms with Crippen LogP contribution >= 0.6 is 11.6 Å². The van der Waals surface area contributed by atoms with Crippen LogP contribution in [0.15, 0.2) is 54.9 Å². The fourth-order valence-corrected chi connectivity index (χ4v) is 2.10. The monoisotopic (exact) mass is 312 g/mol. The second-order valence-corrected chi connectivity index (χ2v) is 5.09. The zero-order valence-electron chi connectivity index (χ0n) is 11.5. The third-order valence-corrected chi connectivity index (χ3v) is 3.31. The summed E-state index contributed by atoms with van der Waals surface area (Å²) in [4.78, 5) is 11.8. The van der Waals surface area contributed by atoms with Gasteiger partial charge in [0.15, 0.2) is 0 Å². The number of aromatic amines is 1. The van der Waals surface area contributed by atoms with Crippen molar-refractivity contribution in [3.63, 3.8) is 0 Å². The van der Waals surface area contributed by atoms with Gasteiger partial charge in [-0.2, -0.15) is 5.10 Å². The van der Waals surface area contributed by atoms with Crippen molar-refractivity contribution in [3.05, 3.63) is 65.4 Å². The van der Waals surface area contributed by atoms with E-state index in [2.05, 4.69) is 20.8 Å². The average molecular weight is 313 g/mol. The van der Waals surface area contributed by atoms with Crippen LogP contribution in [0.4, 0.5) is 10.5 Å². The molecule has 0 spiro atoms. The molecule has 3 aromatic rings. The van der Waals surface area contributed by atoms with Crippen molar-refractivity contribution < 1.29 is 4.79 Å². The van der Waals surface area contributed by atoms with E-state index in [0.717, 1.165) is 16.5 Å². The molecule has 110 valence electrons. The number of aromatic nitrogens is 2. The van der Waals surface area contributed by atoms with Crippen molar-refractivity contribution in [2.24, 2.45) is 0 Å². The quantitative estimate of drug-likeness (QED) is 0.684. The number of benzene rings is 2. The number of nitrogens with one attached hydrogen (secondary N) is 3. The van der Waals surface area contributed by atoms with Gasteiger partial charge in [0.1, 0.15) is 0 Å². The minimum absolute atomic E-state index is 0.316. The van der Waals surface area contributed by atoms with Crippen LogP contribution < -0.4 is 10.6 Å². The van der Waals surface area contributed by atoms with Gasteiger partial charge in [0, 0.05) is 22.3 Å². The van der Waals surface area contributed by atoms with E-state index in [1.807, 2.05) is 30.3 Å². The Morgan fingerprint density at radius 3 is 2.82 bits per heavy atom. The Morgan fingerprint density at radius 2 is 2.00 bits per heavy atom. The molecule has 1 heterocycles. The topological polar surface area (TPSA) is 69.8 Å². The highest BCUT2D eigenvalue weighted by Crippen LogP contribution is 2.16. The Labute approximate surface area is 132 Å². The Hall–Kier alpha value is -2.79. The summed E-state index contributed by atoms with van der Waals surface area (Å²) >= 11 is 5.81. The highest BCUT2D eigenvalue weighted by molar-refractivity contribution is 6.30. The lowest BCUT2D eigenvalue weighted by Gasteiger charge is -2.04. The molecular formula is C16H13ClN4O. The number of carbonyl (C=O) groups is 1. The van der Waals surface area contributed by atoms with E-state index in [4.69, 9.17) is 11.6 Å². The number of anilines is 1. The molecule has 0 radical (unpaired) electrons. The third kappa shape index (κ3) is 3.45. The third-order valence-electron chi connectivity index (χ3n) is 3.06. The molecule has 0 aliphatic carbocycles. The van der Waals surface area contributed by atoms with Gasteiger partial charge in [0.05, 0.1) is 11.7 Å². The maximum Gasteiger partial charge on any atom is 0.323 e. The first-order valence-corrected chi connectivity index (χ1v) is 7.01. The SMILES string of the molecule is O=C(N/C=C/c1ccc(Cl)cc1)Nc1ccc2cn[nH]c2c1. The van der Waals surface area contributed by atoms with E-state index < -0.39 is 0 Å². The molecule has 0 aliphatic heterocycles. The molecule has 0 saturated heterocycles. The second-order valence-electron chi connectivity index (χ2n) is 4.66. The van der Waals surface area contributed by atoms with Gasteiger partial charge in [-0.3, -0.25) is 5.10 Å². The number of hydrogen-bond acceptors (Lipinski definition) is 2. The number of rotatable bonds is 3. The maximum atomic E-state index is 11.8. The number of halogens is 1. The Kier molecular flexibility index (Phi) is 4.07. The summed E-state index contributed by atoms with van der Waals surface area (Å²) in [7, 11) is 0. The van der Waals surface area contributed by atoms with Crippen LogP contribution in [0, 0.1) is 0 Å². The number of hydrogen-bond donors (Lipinski definition) is 3. The first-order chi connectivity index (χ1) is 10.7. The Bertz CT molecular complexity index is 824. The van der Waals surface area contributed by atoms with Crippen molar-refractivity contribution in [1.82, 2.24) is 15.5 Å². The fourth-order valence-electron chi connectivity index (χ4n) is 1.97. The van der Waals surface area contributed by atoms with Gasteiger partial charge < -0.3 is 10.6 Å². The standard InChI is InChI=1S/C16H13ClN4O/c17-13-4-1-11(2-5-13)7-8-18-16(22)20-14-6-3-12-10-19-21-15(12)9-14/h1-10H,(H,19,21)(H2,18,20,22)/b8-7+. The Morgan fingerprint density at radius 1 is 1.18 bits per heavy atom. The van der Waals surface area contributed by atoms with E-state index in [1.165, 1.54) is 0 Å². The molecule has 3 rings (SSSR count). The molecule has 0 aliphatic rings. The smallest absolute Gasteiger partial charge is 0.314 e. The van der Waals surface area contributed by atoms with Crippen LogP contribution in [0.1, 0.15) is 5.56 Å². The van der Waals surface area contributed by atoms with Crippen LogP contribution in [-0.2, 0) is 0 Å². The summed E-state index contributed by atoms with van der Waals surface area (Å²) < 4.78 is 0. The maximum absolute atomic E-state index is 11.8. The molecule has 2 amide bonds. The van der Waals surface area contributed by atoms with Gasteiger partial charge in [0.25, 0.3) is 0 Å².